The second kappa shape index (κ2) is 5.92. The molecular formula is C30H22N2. The summed E-state index contributed by atoms with van der Waals surface area (Å²) in [4.78, 5) is 3.79. The fourth-order valence-electron chi connectivity index (χ4n) is 6.60. The van der Waals surface area contributed by atoms with Gasteiger partial charge in [0, 0.05) is 33.3 Å². The van der Waals surface area contributed by atoms with Gasteiger partial charge in [0.15, 0.2) is 0 Å². The van der Waals surface area contributed by atoms with E-state index in [0.717, 1.165) is 12.8 Å². The largest absolute Gasteiger partial charge is 0.377 e. The standard InChI is InChI=1S/C30H22N2/c1-3-11-19-17(9-1)25-26(28-22-14-6-8-16-24(22)31-29(19)28)18-10-2-4-12-20(18)30-27(25)21-13-5-7-15-23(21)32-30/h1,3-9,11-16,27,30-32H,2,10H2. The summed E-state index contributed by atoms with van der Waals surface area (Å²) < 4.78 is 0. The predicted octanol–water partition coefficient (Wildman–Crippen LogP) is 7.52. The summed E-state index contributed by atoms with van der Waals surface area (Å²) in [6.07, 6.45) is 6.97. The second-order valence-electron chi connectivity index (χ2n) is 9.32. The van der Waals surface area contributed by atoms with E-state index in [1.807, 2.05) is 0 Å². The van der Waals surface area contributed by atoms with Crippen molar-refractivity contribution in [3.8, 4) is 0 Å². The number of H-pyrrole nitrogens is 1. The van der Waals surface area contributed by atoms with Gasteiger partial charge >= 0.3 is 0 Å². The third-order valence-electron chi connectivity index (χ3n) is 7.81. The van der Waals surface area contributed by atoms with Crippen LogP contribution in [0.3, 0.4) is 0 Å². The lowest BCUT2D eigenvalue weighted by Gasteiger charge is -2.35. The van der Waals surface area contributed by atoms with E-state index in [1.54, 1.807) is 0 Å². The minimum atomic E-state index is 0.303. The van der Waals surface area contributed by atoms with Crippen LogP contribution in [0, 0.1) is 0 Å². The quantitative estimate of drug-likeness (QED) is 0.271. The Labute approximate surface area is 186 Å². The molecular weight excluding hydrogens is 388 g/mol. The molecule has 1 aromatic heterocycles. The van der Waals surface area contributed by atoms with E-state index in [0.29, 0.717) is 12.0 Å². The van der Waals surface area contributed by atoms with Crippen LogP contribution in [0.5, 0.6) is 0 Å². The first-order valence-electron chi connectivity index (χ1n) is 11.6. The Morgan fingerprint density at radius 1 is 0.781 bits per heavy atom. The summed E-state index contributed by atoms with van der Waals surface area (Å²) in [5, 5.41) is 9.36. The maximum atomic E-state index is 3.90. The number of para-hydroxylation sites is 2. The molecule has 0 saturated heterocycles. The molecule has 4 aromatic carbocycles. The fraction of sp³-hybridized carbons (Fsp3) is 0.133. The lowest BCUT2D eigenvalue weighted by molar-refractivity contribution is 0.745. The number of rotatable bonds is 0. The first kappa shape index (κ1) is 16.9. The second-order valence-corrected chi connectivity index (χ2v) is 9.32. The maximum absolute atomic E-state index is 3.90. The highest BCUT2D eigenvalue weighted by atomic mass is 15.0. The Bertz CT molecular complexity index is 1660. The number of fused-ring (bicyclic) bond motifs is 14. The van der Waals surface area contributed by atoms with Crippen molar-refractivity contribution in [3.63, 3.8) is 0 Å². The topological polar surface area (TPSA) is 27.8 Å². The van der Waals surface area contributed by atoms with Gasteiger partial charge in [-0.2, -0.15) is 0 Å². The zero-order valence-corrected chi connectivity index (χ0v) is 17.7. The molecule has 2 heteroatoms. The van der Waals surface area contributed by atoms with Crippen LogP contribution < -0.4 is 5.32 Å². The van der Waals surface area contributed by atoms with Crippen LogP contribution >= 0.6 is 0 Å². The molecule has 0 fully saturated rings. The zero-order valence-electron chi connectivity index (χ0n) is 17.7. The van der Waals surface area contributed by atoms with E-state index in [1.165, 1.54) is 66.1 Å². The Morgan fingerprint density at radius 3 is 2.50 bits per heavy atom. The molecule has 0 amide bonds. The molecule has 2 N–H and O–H groups in total. The molecule has 0 bridgehead atoms. The molecule has 2 aliphatic carbocycles. The van der Waals surface area contributed by atoms with E-state index >= 15 is 0 Å². The first-order valence-corrected chi connectivity index (χ1v) is 11.6. The Morgan fingerprint density at radius 2 is 1.56 bits per heavy atom. The molecule has 2 heterocycles. The molecule has 0 spiro atoms. The van der Waals surface area contributed by atoms with Crippen molar-refractivity contribution < 1.29 is 0 Å². The highest BCUT2D eigenvalue weighted by Crippen LogP contribution is 2.56. The highest BCUT2D eigenvalue weighted by molar-refractivity contribution is 6.23. The summed E-state index contributed by atoms with van der Waals surface area (Å²) >= 11 is 0. The van der Waals surface area contributed by atoms with Gasteiger partial charge in [-0.05, 0) is 58.2 Å². The van der Waals surface area contributed by atoms with E-state index in [-0.39, 0.29) is 0 Å². The lowest BCUT2D eigenvalue weighted by atomic mass is 9.69. The fourth-order valence-corrected chi connectivity index (χ4v) is 6.60. The minimum Gasteiger partial charge on any atom is -0.377 e. The van der Waals surface area contributed by atoms with E-state index in [2.05, 4.69) is 95.2 Å². The first-order chi connectivity index (χ1) is 15.9. The van der Waals surface area contributed by atoms with Gasteiger partial charge < -0.3 is 10.3 Å². The van der Waals surface area contributed by atoms with Crippen LogP contribution in [-0.2, 0) is 0 Å². The van der Waals surface area contributed by atoms with Gasteiger partial charge in [-0.3, -0.25) is 0 Å². The number of aromatic amines is 1. The van der Waals surface area contributed by atoms with Gasteiger partial charge in [-0.15, -0.1) is 0 Å². The number of allylic oxidation sites excluding steroid dienone is 2. The van der Waals surface area contributed by atoms with Gasteiger partial charge in [-0.1, -0.05) is 72.8 Å². The zero-order chi connectivity index (χ0) is 20.8. The number of hydrogen-bond donors (Lipinski definition) is 2. The van der Waals surface area contributed by atoms with Crippen LogP contribution in [0.15, 0.2) is 90.5 Å². The van der Waals surface area contributed by atoms with E-state index in [9.17, 15) is 0 Å². The number of benzene rings is 4. The van der Waals surface area contributed by atoms with Crippen LogP contribution in [0.4, 0.5) is 5.69 Å². The molecule has 3 aliphatic rings. The van der Waals surface area contributed by atoms with Crippen molar-refractivity contribution in [1.82, 2.24) is 4.98 Å². The number of aromatic nitrogens is 1. The third kappa shape index (κ3) is 1.96. The summed E-state index contributed by atoms with van der Waals surface area (Å²) in [7, 11) is 0. The molecule has 2 unspecified atom stereocenters. The summed E-state index contributed by atoms with van der Waals surface area (Å²) in [6.45, 7) is 0. The average Bonchev–Trinajstić information content (AvgIpc) is 3.43. The SMILES string of the molecule is C1=CC2=C(CC1)c1c(c3ccccc3c3[nH]c4ccccc4c13)C1c3ccccc3NC21. The Hall–Kier alpha value is -3.78. The van der Waals surface area contributed by atoms with Crippen LogP contribution in [-0.4, -0.2) is 11.0 Å². The van der Waals surface area contributed by atoms with Crippen molar-refractivity contribution in [2.24, 2.45) is 0 Å². The normalized spacial score (nSPS) is 20.9. The summed E-state index contributed by atoms with van der Waals surface area (Å²) in [5.41, 5.74) is 11.2. The van der Waals surface area contributed by atoms with Crippen molar-refractivity contribution in [3.05, 3.63) is 107 Å². The smallest absolute Gasteiger partial charge is 0.0627 e. The van der Waals surface area contributed by atoms with E-state index in [4.69, 9.17) is 0 Å². The van der Waals surface area contributed by atoms with Gasteiger partial charge in [0.1, 0.15) is 0 Å². The van der Waals surface area contributed by atoms with Gasteiger partial charge in [0.2, 0.25) is 0 Å². The van der Waals surface area contributed by atoms with Crippen LogP contribution in [0.25, 0.3) is 38.2 Å². The molecule has 0 saturated carbocycles. The van der Waals surface area contributed by atoms with Crippen molar-refractivity contribution in [2.75, 3.05) is 5.32 Å². The average molecular weight is 411 g/mol. The van der Waals surface area contributed by atoms with Gasteiger partial charge in [0.05, 0.1) is 11.6 Å². The molecule has 5 aromatic rings. The van der Waals surface area contributed by atoms with Gasteiger partial charge in [0.25, 0.3) is 0 Å². The van der Waals surface area contributed by atoms with E-state index < -0.39 is 0 Å². The maximum Gasteiger partial charge on any atom is 0.0627 e. The number of anilines is 1. The van der Waals surface area contributed by atoms with Crippen molar-refractivity contribution in [1.29, 1.82) is 0 Å². The van der Waals surface area contributed by atoms with Crippen LogP contribution in [0.1, 0.15) is 35.4 Å². The third-order valence-corrected chi connectivity index (χ3v) is 7.81. The van der Waals surface area contributed by atoms with Crippen LogP contribution in [0.2, 0.25) is 0 Å². The molecule has 2 nitrogen and oxygen atoms in total. The monoisotopic (exact) mass is 410 g/mol. The lowest BCUT2D eigenvalue weighted by Crippen LogP contribution is -2.29. The molecule has 152 valence electrons. The summed E-state index contributed by atoms with van der Waals surface area (Å²) in [5.74, 6) is 0.325. The minimum absolute atomic E-state index is 0.303. The number of hydrogen-bond acceptors (Lipinski definition) is 1. The van der Waals surface area contributed by atoms with Gasteiger partial charge in [-0.25, -0.2) is 0 Å². The predicted molar refractivity (Wildman–Crippen MR) is 134 cm³/mol. The Kier molecular flexibility index (Phi) is 3.12. The number of nitrogens with one attached hydrogen (secondary N) is 2. The molecule has 0 radical (unpaired) electrons. The molecule has 8 rings (SSSR count). The van der Waals surface area contributed by atoms with Crippen molar-refractivity contribution >= 4 is 43.8 Å². The molecule has 1 aliphatic heterocycles. The molecule has 32 heavy (non-hydrogen) atoms. The Balaban J connectivity index is 1.65. The summed E-state index contributed by atoms with van der Waals surface area (Å²) in [6, 6.07) is 27.0. The molecule has 2 atom stereocenters. The van der Waals surface area contributed by atoms with Crippen molar-refractivity contribution in [2.45, 2.75) is 24.8 Å². The highest BCUT2D eigenvalue weighted by Gasteiger charge is 2.43.